The zero-order valence-electron chi connectivity index (χ0n) is 14.3. The van der Waals surface area contributed by atoms with Crippen molar-refractivity contribution >= 4 is 17.3 Å². The third-order valence-electron chi connectivity index (χ3n) is 2.33. The highest BCUT2D eigenvalue weighted by atomic mass is 15.2. The standard InChI is InChI=1S/C8H12N2.C5H13N3.C2H6/c1-10(2)8-5-3-7(9)4-6-8;1-7(2)5(6)8(3)4;1-2/h3-6H,9H2,1-2H3;6H,1-4H3;1-2H3/p+1. The largest absolute Gasteiger partial charge is 0.399 e. The van der Waals surface area contributed by atoms with E-state index in [0.29, 0.717) is 0 Å². The van der Waals surface area contributed by atoms with Crippen LogP contribution in [0.3, 0.4) is 0 Å². The molecule has 5 heteroatoms. The summed E-state index contributed by atoms with van der Waals surface area (Å²) >= 11 is 0. The van der Waals surface area contributed by atoms with Gasteiger partial charge in [-0.2, -0.15) is 0 Å². The van der Waals surface area contributed by atoms with Gasteiger partial charge in [0.1, 0.15) is 0 Å². The quantitative estimate of drug-likeness (QED) is 0.355. The maximum absolute atomic E-state index is 5.53. The number of rotatable bonds is 1. The predicted octanol–water partition coefficient (Wildman–Crippen LogP) is 1.50. The van der Waals surface area contributed by atoms with Crippen LogP contribution in [-0.2, 0) is 0 Å². The zero-order chi connectivity index (χ0) is 16.3. The van der Waals surface area contributed by atoms with Crippen molar-refractivity contribution in [2.75, 3.05) is 52.9 Å². The summed E-state index contributed by atoms with van der Waals surface area (Å²) in [6.45, 7) is 4.00. The van der Waals surface area contributed by atoms with E-state index < -0.39 is 0 Å². The number of anilines is 2. The van der Waals surface area contributed by atoms with Crippen molar-refractivity contribution in [1.82, 2.24) is 4.90 Å². The van der Waals surface area contributed by atoms with E-state index >= 15 is 0 Å². The summed E-state index contributed by atoms with van der Waals surface area (Å²) in [5.41, 5.74) is 13.0. The minimum atomic E-state index is 0.769. The summed E-state index contributed by atoms with van der Waals surface area (Å²) in [6, 6.07) is 7.79. The Bertz CT molecular complexity index is 376. The van der Waals surface area contributed by atoms with E-state index in [-0.39, 0.29) is 0 Å². The number of hydrogen-bond donors (Lipinski definition) is 2. The molecule has 0 aliphatic rings. The summed E-state index contributed by atoms with van der Waals surface area (Å²) < 4.78 is 1.86. The molecule has 1 aromatic carbocycles. The summed E-state index contributed by atoms with van der Waals surface area (Å²) in [4.78, 5) is 3.90. The fourth-order valence-corrected chi connectivity index (χ4v) is 1.17. The molecule has 20 heavy (non-hydrogen) atoms. The normalized spacial score (nSPS) is 8.40. The Kier molecular flexibility index (Phi) is 11.2. The van der Waals surface area contributed by atoms with Gasteiger partial charge in [0.15, 0.2) is 0 Å². The highest BCUT2D eigenvalue weighted by Gasteiger charge is 2.00. The second-order valence-corrected chi connectivity index (χ2v) is 4.63. The van der Waals surface area contributed by atoms with Crippen LogP contribution in [0, 0.1) is 0 Å². The smallest absolute Gasteiger partial charge is 0.344 e. The molecule has 116 valence electrons. The molecule has 0 aliphatic heterocycles. The van der Waals surface area contributed by atoms with Gasteiger partial charge in [0, 0.05) is 25.5 Å². The van der Waals surface area contributed by atoms with E-state index in [4.69, 9.17) is 11.5 Å². The van der Waals surface area contributed by atoms with Gasteiger partial charge in [-0.05, 0) is 24.3 Å². The average molecular weight is 282 g/mol. The van der Waals surface area contributed by atoms with Crippen molar-refractivity contribution in [1.29, 1.82) is 0 Å². The third-order valence-corrected chi connectivity index (χ3v) is 2.33. The first-order chi connectivity index (χ1) is 9.25. The molecule has 0 saturated carbocycles. The molecule has 0 radical (unpaired) electrons. The second kappa shape index (κ2) is 11.0. The van der Waals surface area contributed by atoms with Crippen LogP contribution in [-0.4, -0.2) is 57.7 Å². The lowest BCUT2D eigenvalue weighted by Gasteiger charge is -2.11. The minimum Gasteiger partial charge on any atom is -0.399 e. The van der Waals surface area contributed by atoms with E-state index in [1.165, 1.54) is 5.69 Å². The van der Waals surface area contributed by atoms with Gasteiger partial charge in [-0.25, -0.2) is 0 Å². The van der Waals surface area contributed by atoms with Gasteiger partial charge in [-0.1, -0.05) is 13.8 Å². The Morgan fingerprint density at radius 3 is 1.55 bits per heavy atom. The molecule has 0 fully saturated rings. The van der Waals surface area contributed by atoms with Crippen LogP contribution < -0.4 is 16.4 Å². The Labute approximate surface area is 124 Å². The van der Waals surface area contributed by atoms with Crippen molar-refractivity contribution in [3.8, 4) is 0 Å². The molecule has 0 aromatic heterocycles. The molecule has 0 aliphatic carbocycles. The summed E-state index contributed by atoms with van der Waals surface area (Å²) in [7, 11) is 11.7. The fraction of sp³-hybridized carbons (Fsp3) is 0.533. The monoisotopic (exact) mass is 282 g/mol. The van der Waals surface area contributed by atoms with Crippen LogP contribution >= 0.6 is 0 Å². The van der Waals surface area contributed by atoms with Crippen LogP contribution in [0.15, 0.2) is 24.3 Å². The zero-order valence-corrected chi connectivity index (χ0v) is 14.3. The molecular weight excluding hydrogens is 250 g/mol. The Balaban J connectivity index is 0. The molecule has 0 unspecified atom stereocenters. The second-order valence-electron chi connectivity index (χ2n) is 4.63. The SMILES string of the molecule is CC.CN(C)C(N)=[N+](C)C.CN(C)c1ccc(N)cc1. The third kappa shape index (κ3) is 9.08. The van der Waals surface area contributed by atoms with E-state index in [1.807, 2.05) is 94.8 Å². The van der Waals surface area contributed by atoms with Crippen LogP contribution in [0.2, 0.25) is 0 Å². The van der Waals surface area contributed by atoms with Gasteiger partial charge in [-0.3, -0.25) is 15.2 Å². The van der Waals surface area contributed by atoms with Crippen molar-refractivity contribution in [2.24, 2.45) is 5.73 Å². The molecule has 5 nitrogen and oxygen atoms in total. The Hall–Kier alpha value is -1.91. The highest BCUT2D eigenvalue weighted by Crippen LogP contribution is 2.12. The van der Waals surface area contributed by atoms with Crippen molar-refractivity contribution in [3.05, 3.63) is 24.3 Å². The summed E-state index contributed by atoms with van der Waals surface area (Å²) in [5, 5.41) is 0. The lowest BCUT2D eigenvalue weighted by Crippen LogP contribution is -2.36. The topological polar surface area (TPSA) is 61.5 Å². The summed E-state index contributed by atoms with van der Waals surface area (Å²) in [6.07, 6.45) is 0. The number of guanidine groups is 1. The molecular formula is C15H32N5+. The molecule has 0 saturated heterocycles. The van der Waals surface area contributed by atoms with Crippen LogP contribution in [0.1, 0.15) is 13.8 Å². The molecule has 1 aromatic rings. The van der Waals surface area contributed by atoms with E-state index in [0.717, 1.165) is 11.6 Å². The van der Waals surface area contributed by atoms with Gasteiger partial charge >= 0.3 is 5.96 Å². The van der Waals surface area contributed by atoms with E-state index in [2.05, 4.69) is 0 Å². The van der Waals surface area contributed by atoms with Crippen molar-refractivity contribution in [2.45, 2.75) is 13.8 Å². The predicted molar refractivity (Wildman–Crippen MR) is 91.5 cm³/mol. The number of nitrogens with zero attached hydrogens (tertiary/aromatic N) is 3. The first-order valence-electron chi connectivity index (χ1n) is 6.75. The Morgan fingerprint density at radius 1 is 0.950 bits per heavy atom. The molecule has 0 spiro atoms. The van der Waals surface area contributed by atoms with Crippen LogP contribution in [0.25, 0.3) is 0 Å². The lowest BCUT2D eigenvalue weighted by molar-refractivity contribution is -0.470. The first-order valence-corrected chi connectivity index (χ1v) is 6.75. The van der Waals surface area contributed by atoms with Gasteiger partial charge in [0.05, 0.1) is 28.2 Å². The molecule has 0 heterocycles. The molecule has 1 rings (SSSR count). The maximum Gasteiger partial charge on any atom is 0.344 e. The first kappa shape index (κ1) is 20.4. The van der Waals surface area contributed by atoms with Gasteiger partial charge in [0.2, 0.25) is 0 Å². The lowest BCUT2D eigenvalue weighted by atomic mass is 10.3. The van der Waals surface area contributed by atoms with E-state index in [1.54, 1.807) is 0 Å². The molecule has 4 N–H and O–H groups in total. The van der Waals surface area contributed by atoms with Gasteiger partial charge < -0.3 is 10.6 Å². The average Bonchev–Trinajstić information content (AvgIpc) is 2.41. The number of nitrogens with two attached hydrogens (primary N) is 2. The molecule has 0 amide bonds. The van der Waals surface area contributed by atoms with Crippen molar-refractivity contribution in [3.63, 3.8) is 0 Å². The van der Waals surface area contributed by atoms with Crippen LogP contribution in [0.5, 0.6) is 0 Å². The maximum atomic E-state index is 5.53. The van der Waals surface area contributed by atoms with Crippen LogP contribution in [0.4, 0.5) is 11.4 Å². The minimum absolute atomic E-state index is 0.769. The van der Waals surface area contributed by atoms with Crippen molar-refractivity contribution < 1.29 is 4.58 Å². The highest BCUT2D eigenvalue weighted by molar-refractivity contribution is 5.72. The molecule has 0 bridgehead atoms. The number of nitrogen functional groups attached to an aromatic ring is 1. The van der Waals surface area contributed by atoms with E-state index in [9.17, 15) is 0 Å². The van der Waals surface area contributed by atoms with Gasteiger partial charge in [0.25, 0.3) is 0 Å². The molecule has 0 atom stereocenters. The number of benzene rings is 1. The Morgan fingerprint density at radius 2 is 1.35 bits per heavy atom. The fourth-order valence-electron chi connectivity index (χ4n) is 1.17. The van der Waals surface area contributed by atoms with Gasteiger partial charge in [-0.15, -0.1) is 0 Å². The number of hydrogen-bond acceptors (Lipinski definition) is 2. The summed E-state index contributed by atoms with van der Waals surface area (Å²) in [5.74, 6) is 0.769.